The van der Waals surface area contributed by atoms with Crippen LogP contribution in [0.2, 0.25) is 0 Å². The van der Waals surface area contributed by atoms with E-state index in [0.29, 0.717) is 0 Å². The van der Waals surface area contributed by atoms with Gasteiger partial charge in [0.05, 0.1) is 11.8 Å². The second-order valence-corrected chi connectivity index (χ2v) is 5.48. The summed E-state index contributed by atoms with van der Waals surface area (Å²) >= 11 is 1.78. The van der Waals surface area contributed by atoms with Gasteiger partial charge >= 0.3 is 0 Å². The van der Waals surface area contributed by atoms with Crippen LogP contribution in [0.3, 0.4) is 0 Å². The summed E-state index contributed by atoms with van der Waals surface area (Å²) in [5, 5.41) is 13.8. The summed E-state index contributed by atoms with van der Waals surface area (Å²) in [6.45, 7) is 3.78. The Bertz CT molecular complexity index is 517. The number of aryl methyl sites for hydroxylation is 2. The third kappa shape index (κ3) is 3.15. The van der Waals surface area contributed by atoms with Gasteiger partial charge in [0.1, 0.15) is 0 Å². The van der Waals surface area contributed by atoms with E-state index in [1.807, 2.05) is 30.8 Å². The Balaban J connectivity index is 2.00. The lowest BCUT2D eigenvalue weighted by atomic mass is 10.1. The molecule has 1 N–H and O–H groups in total. The van der Waals surface area contributed by atoms with Crippen molar-refractivity contribution in [3.63, 3.8) is 0 Å². The standard InChI is InChI=1S/C14H18N2OS/c1-10-8-13(16(3)15-10)9-18-14-6-4-12(5-7-14)11(2)17/h4-8,11,17H,9H2,1-3H3. The van der Waals surface area contributed by atoms with Crippen molar-refractivity contribution >= 4 is 11.8 Å². The smallest absolute Gasteiger partial charge is 0.0761 e. The van der Waals surface area contributed by atoms with Gasteiger partial charge in [-0.2, -0.15) is 5.10 Å². The van der Waals surface area contributed by atoms with E-state index in [4.69, 9.17) is 0 Å². The zero-order chi connectivity index (χ0) is 13.1. The van der Waals surface area contributed by atoms with E-state index < -0.39 is 6.10 Å². The lowest BCUT2D eigenvalue weighted by molar-refractivity contribution is 0.199. The molecular weight excluding hydrogens is 244 g/mol. The van der Waals surface area contributed by atoms with Crippen LogP contribution in [0.5, 0.6) is 0 Å². The van der Waals surface area contributed by atoms with Gasteiger partial charge in [-0.25, -0.2) is 0 Å². The Kier molecular flexibility index (Phi) is 4.09. The molecule has 0 aliphatic heterocycles. The SMILES string of the molecule is Cc1cc(CSc2ccc(C(C)O)cc2)n(C)n1. The Morgan fingerprint density at radius 3 is 2.50 bits per heavy atom. The molecule has 0 bridgehead atoms. The molecule has 1 aromatic heterocycles. The molecule has 1 heterocycles. The van der Waals surface area contributed by atoms with Gasteiger partial charge in [-0.15, -0.1) is 11.8 Å². The predicted octanol–water partition coefficient (Wildman–Crippen LogP) is 3.07. The predicted molar refractivity (Wildman–Crippen MR) is 74.6 cm³/mol. The Hall–Kier alpha value is -1.26. The van der Waals surface area contributed by atoms with E-state index in [1.165, 1.54) is 10.6 Å². The molecule has 0 saturated carbocycles. The highest BCUT2D eigenvalue weighted by molar-refractivity contribution is 7.98. The van der Waals surface area contributed by atoms with Crippen molar-refractivity contribution in [3.05, 3.63) is 47.3 Å². The van der Waals surface area contributed by atoms with Crippen LogP contribution in [-0.4, -0.2) is 14.9 Å². The average Bonchev–Trinajstić information content (AvgIpc) is 2.66. The fraction of sp³-hybridized carbons (Fsp3) is 0.357. The van der Waals surface area contributed by atoms with E-state index in [9.17, 15) is 5.11 Å². The lowest BCUT2D eigenvalue weighted by Crippen LogP contribution is -1.96. The normalized spacial score (nSPS) is 12.7. The summed E-state index contributed by atoms with van der Waals surface area (Å²) in [7, 11) is 1.97. The van der Waals surface area contributed by atoms with Gasteiger partial charge in [-0.3, -0.25) is 4.68 Å². The minimum absolute atomic E-state index is 0.399. The van der Waals surface area contributed by atoms with E-state index in [2.05, 4.69) is 23.3 Å². The molecule has 1 atom stereocenters. The zero-order valence-electron chi connectivity index (χ0n) is 10.9. The number of hydrogen-bond acceptors (Lipinski definition) is 3. The number of benzene rings is 1. The van der Waals surface area contributed by atoms with Crippen molar-refractivity contribution in [2.24, 2.45) is 7.05 Å². The number of aromatic nitrogens is 2. The largest absolute Gasteiger partial charge is 0.389 e. The second kappa shape index (κ2) is 5.59. The summed E-state index contributed by atoms with van der Waals surface area (Å²) in [6.07, 6.45) is -0.399. The van der Waals surface area contributed by atoms with Gasteiger partial charge in [0.15, 0.2) is 0 Å². The van der Waals surface area contributed by atoms with Crippen LogP contribution in [0.4, 0.5) is 0 Å². The lowest BCUT2D eigenvalue weighted by Gasteiger charge is -2.06. The molecule has 2 aromatic rings. The van der Waals surface area contributed by atoms with E-state index in [-0.39, 0.29) is 0 Å². The summed E-state index contributed by atoms with van der Waals surface area (Å²) < 4.78 is 1.92. The number of aliphatic hydroxyl groups is 1. The van der Waals surface area contributed by atoms with Crippen LogP contribution in [0, 0.1) is 6.92 Å². The molecule has 0 aliphatic rings. The fourth-order valence-corrected chi connectivity index (χ4v) is 2.71. The maximum absolute atomic E-state index is 9.44. The molecule has 1 aromatic carbocycles. The first-order chi connectivity index (χ1) is 8.56. The molecule has 0 spiro atoms. The Morgan fingerprint density at radius 2 is 2.00 bits per heavy atom. The number of rotatable bonds is 4. The molecule has 18 heavy (non-hydrogen) atoms. The second-order valence-electron chi connectivity index (χ2n) is 4.43. The van der Waals surface area contributed by atoms with Crippen molar-refractivity contribution < 1.29 is 5.11 Å². The minimum Gasteiger partial charge on any atom is -0.389 e. The average molecular weight is 262 g/mol. The quantitative estimate of drug-likeness (QED) is 0.861. The molecular formula is C14H18N2OS. The summed E-state index contributed by atoms with van der Waals surface area (Å²) in [5.74, 6) is 0.908. The maximum atomic E-state index is 9.44. The molecule has 3 nitrogen and oxygen atoms in total. The highest BCUT2D eigenvalue weighted by Gasteiger charge is 2.04. The minimum atomic E-state index is -0.399. The fourth-order valence-electron chi connectivity index (χ4n) is 1.80. The monoisotopic (exact) mass is 262 g/mol. The van der Waals surface area contributed by atoms with Crippen molar-refractivity contribution in [1.29, 1.82) is 0 Å². The van der Waals surface area contributed by atoms with Gasteiger partial charge in [0.2, 0.25) is 0 Å². The van der Waals surface area contributed by atoms with Crippen molar-refractivity contribution in [3.8, 4) is 0 Å². The van der Waals surface area contributed by atoms with E-state index >= 15 is 0 Å². The number of thioether (sulfide) groups is 1. The molecule has 0 radical (unpaired) electrons. The molecule has 1 unspecified atom stereocenters. The first-order valence-electron chi connectivity index (χ1n) is 5.96. The van der Waals surface area contributed by atoms with Crippen LogP contribution in [0.15, 0.2) is 35.2 Å². The molecule has 0 saturated heterocycles. The van der Waals surface area contributed by atoms with E-state index in [1.54, 1.807) is 18.7 Å². The van der Waals surface area contributed by atoms with Crippen LogP contribution in [0.1, 0.15) is 30.0 Å². The number of hydrogen-bond donors (Lipinski definition) is 1. The van der Waals surface area contributed by atoms with Crippen molar-refractivity contribution in [1.82, 2.24) is 9.78 Å². The number of nitrogens with zero attached hydrogens (tertiary/aromatic N) is 2. The molecule has 0 fully saturated rings. The summed E-state index contributed by atoms with van der Waals surface area (Å²) in [5.41, 5.74) is 3.23. The van der Waals surface area contributed by atoms with Crippen LogP contribution in [0.25, 0.3) is 0 Å². The molecule has 96 valence electrons. The molecule has 0 aliphatic carbocycles. The van der Waals surface area contributed by atoms with Gasteiger partial charge in [0, 0.05) is 23.4 Å². The van der Waals surface area contributed by atoms with Gasteiger partial charge in [0.25, 0.3) is 0 Å². The highest BCUT2D eigenvalue weighted by Crippen LogP contribution is 2.24. The van der Waals surface area contributed by atoms with Crippen LogP contribution in [-0.2, 0) is 12.8 Å². The third-order valence-corrected chi connectivity index (χ3v) is 3.89. The van der Waals surface area contributed by atoms with Crippen LogP contribution < -0.4 is 0 Å². The van der Waals surface area contributed by atoms with E-state index in [0.717, 1.165) is 17.0 Å². The molecule has 0 amide bonds. The molecule has 4 heteroatoms. The van der Waals surface area contributed by atoms with Crippen LogP contribution >= 0.6 is 11.8 Å². The highest BCUT2D eigenvalue weighted by atomic mass is 32.2. The Labute approximate surface area is 112 Å². The van der Waals surface area contributed by atoms with Crippen molar-refractivity contribution in [2.75, 3.05) is 0 Å². The first kappa shape index (κ1) is 13.2. The van der Waals surface area contributed by atoms with Gasteiger partial charge in [-0.1, -0.05) is 12.1 Å². The van der Waals surface area contributed by atoms with Crippen molar-refractivity contribution in [2.45, 2.75) is 30.6 Å². The zero-order valence-corrected chi connectivity index (χ0v) is 11.7. The Morgan fingerprint density at radius 1 is 1.33 bits per heavy atom. The topological polar surface area (TPSA) is 38.0 Å². The third-order valence-electron chi connectivity index (χ3n) is 2.85. The first-order valence-corrected chi connectivity index (χ1v) is 6.95. The summed E-state index contributed by atoms with van der Waals surface area (Å²) in [6, 6.07) is 10.2. The maximum Gasteiger partial charge on any atom is 0.0761 e. The van der Waals surface area contributed by atoms with Gasteiger partial charge < -0.3 is 5.11 Å². The molecule has 2 rings (SSSR count). The number of aliphatic hydroxyl groups excluding tert-OH is 1. The summed E-state index contributed by atoms with van der Waals surface area (Å²) in [4.78, 5) is 1.21. The van der Waals surface area contributed by atoms with Gasteiger partial charge in [-0.05, 0) is 37.6 Å².